The first-order valence-corrected chi connectivity index (χ1v) is 6.51. The van der Waals surface area contributed by atoms with Crippen LogP contribution in [-0.2, 0) is 4.79 Å². The van der Waals surface area contributed by atoms with Crippen LogP contribution in [0.2, 0.25) is 5.02 Å². The van der Waals surface area contributed by atoms with Crippen molar-refractivity contribution < 1.29 is 9.18 Å². The van der Waals surface area contributed by atoms with Gasteiger partial charge in [0.1, 0.15) is 5.82 Å². The predicted molar refractivity (Wildman–Crippen MR) is 79.1 cm³/mol. The van der Waals surface area contributed by atoms with E-state index in [1.165, 1.54) is 12.1 Å². The van der Waals surface area contributed by atoms with Gasteiger partial charge in [-0.1, -0.05) is 23.7 Å². The zero-order valence-electron chi connectivity index (χ0n) is 10.7. The van der Waals surface area contributed by atoms with Gasteiger partial charge >= 0.3 is 0 Å². The minimum Gasteiger partial charge on any atom is -0.321 e. The third-order valence-electron chi connectivity index (χ3n) is 3.31. The predicted octanol–water partition coefficient (Wildman–Crippen LogP) is 4.28. The molecule has 0 fully saturated rings. The van der Waals surface area contributed by atoms with Crippen molar-refractivity contribution in [3.05, 3.63) is 63.9 Å². The zero-order valence-corrected chi connectivity index (χ0v) is 11.5. The van der Waals surface area contributed by atoms with Gasteiger partial charge in [-0.25, -0.2) is 4.39 Å². The Bertz CT molecular complexity index is 752. The van der Waals surface area contributed by atoms with Crippen LogP contribution in [-0.4, -0.2) is 5.91 Å². The zero-order chi connectivity index (χ0) is 14.3. The minimum atomic E-state index is -0.322. The van der Waals surface area contributed by atoms with Crippen LogP contribution in [0, 0.1) is 12.7 Å². The van der Waals surface area contributed by atoms with Gasteiger partial charge in [-0.3, -0.25) is 4.79 Å². The lowest BCUT2D eigenvalue weighted by molar-refractivity contribution is -0.110. The Morgan fingerprint density at radius 2 is 2.00 bits per heavy atom. The Labute approximate surface area is 120 Å². The molecule has 2 aromatic rings. The molecule has 1 N–H and O–H groups in total. The summed E-state index contributed by atoms with van der Waals surface area (Å²) in [5, 5.41) is 3.32. The molecule has 0 bridgehead atoms. The van der Waals surface area contributed by atoms with E-state index >= 15 is 0 Å². The molecule has 0 aromatic heterocycles. The van der Waals surface area contributed by atoms with Gasteiger partial charge in [-0.05, 0) is 48.4 Å². The highest BCUT2D eigenvalue weighted by Crippen LogP contribution is 2.35. The third kappa shape index (κ3) is 2.21. The maximum atomic E-state index is 13.3. The molecule has 0 atom stereocenters. The maximum Gasteiger partial charge on any atom is 0.256 e. The Morgan fingerprint density at radius 3 is 2.80 bits per heavy atom. The van der Waals surface area contributed by atoms with Gasteiger partial charge in [-0.15, -0.1) is 0 Å². The van der Waals surface area contributed by atoms with Crippen LogP contribution >= 0.6 is 11.6 Å². The molecule has 1 heterocycles. The molecule has 1 aliphatic heterocycles. The van der Waals surface area contributed by atoms with E-state index in [4.69, 9.17) is 11.6 Å². The van der Waals surface area contributed by atoms with E-state index in [2.05, 4.69) is 5.32 Å². The fourth-order valence-electron chi connectivity index (χ4n) is 2.23. The van der Waals surface area contributed by atoms with Gasteiger partial charge in [0, 0.05) is 16.2 Å². The van der Waals surface area contributed by atoms with Crippen molar-refractivity contribution in [1.82, 2.24) is 0 Å². The first-order valence-electron chi connectivity index (χ1n) is 6.14. The van der Waals surface area contributed by atoms with Crippen LogP contribution in [0.15, 0.2) is 36.4 Å². The second-order valence-corrected chi connectivity index (χ2v) is 5.14. The van der Waals surface area contributed by atoms with Crippen molar-refractivity contribution >= 4 is 34.8 Å². The average Bonchev–Trinajstić information content (AvgIpc) is 2.69. The molecular formula is C16H11ClFNO. The summed E-state index contributed by atoms with van der Waals surface area (Å²) in [5.74, 6) is -0.525. The van der Waals surface area contributed by atoms with Crippen LogP contribution in [0.3, 0.4) is 0 Å². The van der Waals surface area contributed by atoms with Crippen LogP contribution in [0.25, 0.3) is 11.6 Å². The highest BCUT2D eigenvalue weighted by atomic mass is 35.5. The van der Waals surface area contributed by atoms with E-state index < -0.39 is 0 Å². The number of hydrogen-bond donors (Lipinski definition) is 1. The quantitative estimate of drug-likeness (QED) is 0.779. The smallest absolute Gasteiger partial charge is 0.256 e. The molecule has 2 nitrogen and oxygen atoms in total. The van der Waals surface area contributed by atoms with Crippen LogP contribution in [0.1, 0.15) is 16.7 Å². The number of aryl methyl sites for hydroxylation is 1. The van der Waals surface area contributed by atoms with Crippen molar-refractivity contribution in [3.8, 4) is 0 Å². The van der Waals surface area contributed by atoms with E-state index in [-0.39, 0.29) is 11.7 Å². The Balaban J connectivity index is 2.13. The average molecular weight is 288 g/mol. The number of nitrogens with one attached hydrogen (secondary N) is 1. The van der Waals surface area contributed by atoms with E-state index in [9.17, 15) is 9.18 Å². The molecule has 4 heteroatoms. The monoisotopic (exact) mass is 287 g/mol. The standard InChI is InChI=1S/C16H11ClFNO/c1-9-2-4-12(18)6-10(9)7-14-13-5-3-11(17)8-15(13)19-16(14)20/h2-8H,1H3,(H,19,20). The summed E-state index contributed by atoms with van der Waals surface area (Å²) in [4.78, 5) is 12.0. The number of carbonyl (C=O) groups is 1. The molecule has 100 valence electrons. The second kappa shape index (κ2) is 4.76. The molecule has 0 saturated heterocycles. The lowest BCUT2D eigenvalue weighted by Crippen LogP contribution is -2.03. The van der Waals surface area contributed by atoms with E-state index in [1.807, 2.05) is 6.92 Å². The summed E-state index contributed by atoms with van der Waals surface area (Å²) in [6.07, 6.45) is 1.70. The van der Waals surface area contributed by atoms with Gasteiger partial charge in [-0.2, -0.15) is 0 Å². The highest BCUT2D eigenvalue weighted by Gasteiger charge is 2.24. The van der Waals surface area contributed by atoms with Crippen LogP contribution in [0.5, 0.6) is 0 Å². The second-order valence-electron chi connectivity index (χ2n) is 4.70. The fraction of sp³-hybridized carbons (Fsp3) is 0.0625. The lowest BCUT2D eigenvalue weighted by atomic mass is 10.0. The highest BCUT2D eigenvalue weighted by molar-refractivity contribution is 6.36. The first kappa shape index (κ1) is 12.9. The van der Waals surface area contributed by atoms with Crippen molar-refractivity contribution in [1.29, 1.82) is 0 Å². The molecule has 20 heavy (non-hydrogen) atoms. The summed E-state index contributed by atoms with van der Waals surface area (Å²) in [5.41, 5.74) is 3.59. The summed E-state index contributed by atoms with van der Waals surface area (Å²) < 4.78 is 13.3. The van der Waals surface area contributed by atoms with Crippen LogP contribution in [0.4, 0.5) is 10.1 Å². The van der Waals surface area contributed by atoms with Gasteiger partial charge in [0.25, 0.3) is 5.91 Å². The number of amides is 1. The Morgan fingerprint density at radius 1 is 1.20 bits per heavy atom. The number of halogens is 2. The lowest BCUT2D eigenvalue weighted by Gasteiger charge is -2.03. The number of carbonyl (C=O) groups excluding carboxylic acids is 1. The first-order chi connectivity index (χ1) is 9.54. The van der Waals surface area contributed by atoms with Crippen molar-refractivity contribution in [2.75, 3.05) is 5.32 Å². The molecule has 1 amide bonds. The van der Waals surface area contributed by atoms with E-state index in [0.717, 1.165) is 11.1 Å². The Hall–Kier alpha value is -2.13. The number of fused-ring (bicyclic) bond motifs is 1. The molecule has 1 aliphatic rings. The molecule has 0 unspecified atom stereocenters. The molecule has 0 aliphatic carbocycles. The summed E-state index contributed by atoms with van der Waals surface area (Å²) >= 11 is 5.90. The fourth-order valence-corrected chi connectivity index (χ4v) is 2.40. The van der Waals surface area contributed by atoms with Crippen molar-refractivity contribution in [3.63, 3.8) is 0 Å². The molecule has 0 saturated carbocycles. The molecule has 2 aromatic carbocycles. The minimum absolute atomic E-state index is 0.203. The summed E-state index contributed by atoms with van der Waals surface area (Å²) in [6.45, 7) is 1.88. The van der Waals surface area contributed by atoms with Crippen LogP contribution < -0.4 is 5.32 Å². The SMILES string of the molecule is Cc1ccc(F)cc1C=C1C(=O)Nc2cc(Cl)ccc21. The number of hydrogen-bond acceptors (Lipinski definition) is 1. The third-order valence-corrected chi connectivity index (χ3v) is 3.54. The maximum absolute atomic E-state index is 13.3. The Kier molecular flexibility index (Phi) is 3.07. The normalized spacial score (nSPS) is 15.3. The largest absolute Gasteiger partial charge is 0.321 e. The van der Waals surface area contributed by atoms with E-state index in [0.29, 0.717) is 21.8 Å². The number of benzene rings is 2. The number of anilines is 1. The molecule has 3 rings (SSSR count). The van der Waals surface area contributed by atoms with Gasteiger partial charge in [0.15, 0.2) is 0 Å². The molecule has 0 radical (unpaired) electrons. The van der Waals surface area contributed by atoms with Crippen molar-refractivity contribution in [2.45, 2.75) is 6.92 Å². The topological polar surface area (TPSA) is 29.1 Å². The van der Waals surface area contributed by atoms with E-state index in [1.54, 1.807) is 30.3 Å². The summed E-state index contributed by atoms with van der Waals surface area (Å²) in [6, 6.07) is 9.73. The number of rotatable bonds is 1. The van der Waals surface area contributed by atoms with Crippen molar-refractivity contribution in [2.24, 2.45) is 0 Å². The molecule has 0 spiro atoms. The molecular weight excluding hydrogens is 277 g/mol. The van der Waals surface area contributed by atoms with Gasteiger partial charge in [0.05, 0.1) is 5.69 Å². The van der Waals surface area contributed by atoms with Gasteiger partial charge < -0.3 is 5.32 Å². The van der Waals surface area contributed by atoms with Gasteiger partial charge in [0.2, 0.25) is 0 Å². The summed E-state index contributed by atoms with van der Waals surface area (Å²) in [7, 11) is 0.